The third-order valence-electron chi connectivity index (χ3n) is 3.21. The highest BCUT2D eigenvalue weighted by molar-refractivity contribution is 5.89. The van der Waals surface area contributed by atoms with Crippen molar-refractivity contribution in [2.75, 3.05) is 13.6 Å². The van der Waals surface area contributed by atoms with Gasteiger partial charge in [-0.05, 0) is 34.1 Å². The topological polar surface area (TPSA) is 77.3 Å². The van der Waals surface area contributed by atoms with Crippen molar-refractivity contribution in [1.82, 2.24) is 19.9 Å². The van der Waals surface area contributed by atoms with E-state index in [-0.39, 0.29) is 17.6 Å². The summed E-state index contributed by atoms with van der Waals surface area (Å²) in [6.07, 6.45) is 0.674. The molecule has 1 unspecified atom stereocenters. The molecule has 1 fully saturated rings. The van der Waals surface area contributed by atoms with Gasteiger partial charge in [0.25, 0.3) is 0 Å². The number of amides is 1. The first-order chi connectivity index (χ1) is 9.20. The highest BCUT2D eigenvalue weighted by Gasteiger charge is 2.34. The van der Waals surface area contributed by atoms with Gasteiger partial charge in [0.2, 0.25) is 5.91 Å². The summed E-state index contributed by atoms with van der Waals surface area (Å²) < 4.78 is 6.80. The van der Waals surface area contributed by atoms with Crippen molar-refractivity contribution in [3.63, 3.8) is 0 Å². The summed E-state index contributed by atoms with van der Waals surface area (Å²) in [6.45, 7) is 7.79. The molecule has 0 saturated carbocycles. The van der Waals surface area contributed by atoms with Gasteiger partial charge in [-0.15, -0.1) is 5.10 Å². The molecular weight excluding hydrogens is 260 g/mol. The lowest BCUT2D eigenvalue weighted by Gasteiger charge is -2.18. The number of aromatic nitrogens is 3. The van der Waals surface area contributed by atoms with Crippen molar-refractivity contribution in [3.8, 4) is 0 Å². The van der Waals surface area contributed by atoms with E-state index in [1.54, 1.807) is 39.6 Å². The second kappa shape index (κ2) is 4.88. The van der Waals surface area contributed by atoms with Crippen LogP contribution < -0.4 is 0 Å². The maximum atomic E-state index is 12.0. The predicted molar refractivity (Wildman–Crippen MR) is 71.2 cm³/mol. The first-order valence-corrected chi connectivity index (χ1v) is 6.61. The van der Waals surface area contributed by atoms with Crippen molar-refractivity contribution in [1.29, 1.82) is 0 Å². The van der Waals surface area contributed by atoms with Gasteiger partial charge < -0.3 is 9.64 Å². The summed E-state index contributed by atoms with van der Waals surface area (Å²) >= 11 is 0. The van der Waals surface area contributed by atoms with Crippen molar-refractivity contribution < 1.29 is 14.3 Å². The maximum Gasteiger partial charge on any atom is 0.361 e. The van der Waals surface area contributed by atoms with Crippen molar-refractivity contribution >= 4 is 11.9 Å². The molecule has 1 aromatic heterocycles. The van der Waals surface area contributed by atoms with Gasteiger partial charge in [0.1, 0.15) is 11.6 Å². The standard InChI is InChI=1S/C13H20N4O3/c1-8-10(12(19)20-13(2,3)4)14-15-17(8)9-6-7-16(5)11(9)18/h9H,6-7H2,1-5H3. The van der Waals surface area contributed by atoms with Crippen LogP contribution in [0.15, 0.2) is 0 Å². The number of esters is 1. The molecule has 7 nitrogen and oxygen atoms in total. The summed E-state index contributed by atoms with van der Waals surface area (Å²) in [4.78, 5) is 25.7. The average molecular weight is 280 g/mol. The largest absolute Gasteiger partial charge is 0.455 e. The molecule has 20 heavy (non-hydrogen) atoms. The van der Waals surface area contributed by atoms with Crippen LogP contribution in [0, 0.1) is 6.92 Å². The first kappa shape index (κ1) is 14.5. The van der Waals surface area contributed by atoms with Crippen LogP contribution in [0.3, 0.4) is 0 Å². The zero-order valence-electron chi connectivity index (χ0n) is 12.5. The molecule has 2 rings (SSSR count). The Morgan fingerprint density at radius 3 is 2.55 bits per heavy atom. The lowest BCUT2D eigenvalue weighted by atomic mass is 10.2. The fourth-order valence-electron chi connectivity index (χ4n) is 2.18. The zero-order chi connectivity index (χ0) is 15.1. The van der Waals surface area contributed by atoms with Crippen molar-refractivity contribution in [3.05, 3.63) is 11.4 Å². The number of carbonyl (C=O) groups is 2. The number of ether oxygens (including phenoxy) is 1. The fraction of sp³-hybridized carbons (Fsp3) is 0.692. The second-order valence-electron chi connectivity index (χ2n) is 6.03. The van der Waals surface area contributed by atoms with Gasteiger partial charge in [-0.25, -0.2) is 9.48 Å². The first-order valence-electron chi connectivity index (χ1n) is 6.61. The minimum Gasteiger partial charge on any atom is -0.455 e. The average Bonchev–Trinajstić information content (AvgIpc) is 2.82. The van der Waals surface area contributed by atoms with Gasteiger partial charge in [0.15, 0.2) is 5.69 Å². The van der Waals surface area contributed by atoms with Crippen LogP contribution in [-0.2, 0) is 9.53 Å². The van der Waals surface area contributed by atoms with Gasteiger partial charge in [-0.1, -0.05) is 5.21 Å². The molecule has 1 atom stereocenters. The van der Waals surface area contributed by atoms with Crippen LogP contribution >= 0.6 is 0 Å². The molecule has 0 aromatic carbocycles. The van der Waals surface area contributed by atoms with Gasteiger partial charge in [0, 0.05) is 13.6 Å². The number of hydrogen-bond acceptors (Lipinski definition) is 5. The number of nitrogens with zero attached hydrogens (tertiary/aromatic N) is 4. The molecule has 0 N–H and O–H groups in total. The Balaban J connectivity index is 2.24. The molecule has 2 heterocycles. The van der Waals surface area contributed by atoms with Crippen LogP contribution in [-0.4, -0.2) is 51.0 Å². The molecule has 0 radical (unpaired) electrons. The number of likely N-dealkylation sites (N-methyl/N-ethyl adjacent to an activating group) is 1. The molecule has 7 heteroatoms. The Kier molecular flexibility index (Phi) is 3.54. The summed E-state index contributed by atoms with van der Waals surface area (Å²) in [5, 5.41) is 7.82. The molecule has 0 aliphatic carbocycles. The number of likely N-dealkylation sites (tertiary alicyclic amines) is 1. The molecule has 1 amide bonds. The minimum absolute atomic E-state index is 0.00580. The van der Waals surface area contributed by atoms with E-state index in [0.29, 0.717) is 18.7 Å². The Morgan fingerprint density at radius 1 is 1.40 bits per heavy atom. The highest BCUT2D eigenvalue weighted by atomic mass is 16.6. The van der Waals surface area contributed by atoms with Crippen LogP contribution in [0.25, 0.3) is 0 Å². The zero-order valence-corrected chi connectivity index (χ0v) is 12.5. The molecule has 0 spiro atoms. The van der Waals surface area contributed by atoms with Crippen molar-refractivity contribution in [2.45, 2.75) is 45.8 Å². The van der Waals surface area contributed by atoms with E-state index >= 15 is 0 Å². The van der Waals surface area contributed by atoms with E-state index in [9.17, 15) is 9.59 Å². The lowest BCUT2D eigenvalue weighted by Crippen LogP contribution is -2.26. The highest BCUT2D eigenvalue weighted by Crippen LogP contribution is 2.24. The molecule has 1 saturated heterocycles. The SMILES string of the molecule is Cc1c(C(=O)OC(C)(C)C)nnn1C1CCN(C)C1=O. The van der Waals surface area contributed by atoms with E-state index in [1.807, 2.05) is 0 Å². The Labute approximate surface area is 117 Å². The van der Waals surface area contributed by atoms with E-state index < -0.39 is 11.6 Å². The second-order valence-corrected chi connectivity index (χ2v) is 6.03. The lowest BCUT2D eigenvalue weighted by molar-refractivity contribution is -0.129. The molecular formula is C13H20N4O3. The minimum atomic E-state index is -0.587. The predicted octanol–water partition coefficient (Wildman–Crippen LogP) is 0.945. The number of carbonyl (C=O) groups excluding carboxylic acids is 2. The van der Waals surface area contributed by atoms with E-state index in [4.69, 9.17) is 4.74 Å². The smallest absolute Gasteiger partial charge is 0.361 e. The monoisotopic (exact) mass is 280 g/mol. The summed E-state index contributed by atoms with van der Waals surface area (Å²) in [5.74, 6) is -0.520. The Hall–Kier alpha value is -1.92. The molecule has 110 valence electrons. The molecule has 1 aromatic rings. The summed E-state index contributed by atoms with van der Waals surface area (Å²) in [6, 6.07) is -0.372. The van der Waals surface area contributed by atoms with Gasteiger partial charge in [0.05, 0.1) is 5.69 Å². The fourth-order valence-corrected chi connectivity index (χ4v) is 2.18. The van der Waals surface area contributed by atoms with Crippen molar-refractivity contribution in [2.24, 2.45) is 0 Å². The number of hydrogen-bond donors (Lipinski definition) is 0. The Morgan fingerprint density at radius 2 is 2.05 bits per heavy atom. The quantitative estimate of drug-likeness (QED) is 0.754. The van der Waals surface area contributed by atoms with Crippen LogP contribution in [0.5, 0.6) is 0 Å². The maximum absolute atomic E-state index is 12.0. The van der Waals surface area contributed by atoms with Crippen LogP contribution in [0.4, 0.5) is 0 Å². The van der Waals surface area contributed by atoms with E-state index in [0.717, 1.165) is 0 Å². The molecule has 0 bridgehead atoms. The summed E-state index contributed by atoms with van der Waals surface area (Å²) in [7, 11) is 1.75. The summed E-state index contributed by atoms with van der Waals surface area (Å²) in [5.41, 5.74) is 0.145. The van der Waals surface area contributed by atoms with Gasteiger partial charge in [-0.3, -0.25) is 4.79 Å². The number of rotatable bonds is 2. The van der Waals surface area contributed by atoms with Crippen LogP contribution in [0.1, 0.15) is 49.4 Å². The third kappa shape index (κ3) is 2.66. The molecule has 1 aliphatic rings. The van der Waals surface area contributed by atoms with Gasteiger partial charge in [-0.2, -0.15) is 0 Å². The normalized spacial score (nSPS) is 19.6. The van der Waals surface area contributed by atoms with E-state index in [2.05, 4.69) is 10.3 Å². The van der Waals surface area contributed by atoms with E-state index in [1.165, 1.54) is 4.68 Å². The Bertz CT molecular complexity index is 544. The third-order valence-corrected chi connectivity index (χ3v) is 3.21. The van der Waals surface area contributed by atoms with Gasteiger partial charge >= 0.3 is 5.97 Å². The molecule has 1 aliphatic heterocycles. The van der Waals surface area contributed by atoms with Crippen LogP contribution in [0.2, 0.25) is 0 Å².